The molecule has 0 saturated carbocycles. The Balaban J connectivity index is 1.82. The summed E-state index contributed by atoms with van der Waals surface area (Å²) in [4.78, 5) is 24.9. The summed E-state index contributed by atoms with van der Waals surface area (Å²) >= 11 is 0. The standard InChI is InChI=1S/C20H21NO3/c1-24-19(23)20(13-16-10-6-3-7-11-16)14-17(18(22)21-20)12-15-8-4-2-5-9-15/h2-11,17H,12-14H2,1H3,(H,21,22)/t17-,20+/m1/s1. The van der Waals surface area contributed by atoms with Crippen LogP contribution in [0.1, 0.15) is 17.5 Å². The van der Waals surface area contributed by atoms with E-state index in [1.807, 2.05) is 60.7 Å². The summed E-state index contributed by atoms with van der Waals surface area (Å²) in [5, 5.41) is 2.92. The molecule has 1 aliphatic rings. The van der Waals surface area contributed by atoms with Gasteiger partial charge in [-0.1, -0.05) is 60.7 Å². The number of methoxy groups -OCH3 is 1. The minimum atomic E-state index is -0.980. The first-order chi connectivity index (χ1) is 11.6. The monoisotopic (exact) mass is 323 g/mol. The van der Waals surface area contributed by atoms with Gasteiger partial charge in [-0.15, -0.1) is 0 Å². The third-order valence-electron chi connectivity index (χ3n) is 4.58. The second kappa shape index (κ2) is 6.87. The van der Waals surface area contributed by atoms with Gasteiger partial charge in [0.15, 0.2) is 0 Å². The highest BCUT2D eigenvalue weighted by Crippen LogP contribution is 2.32. The van der Waals surface area contributed by atoms with E-state index in [1.165, 1.54) is 7.11 Å². The summed E-state index contributed by atoms with van der Waals surface area (Å²) in [6.07, 6.45) is 1.51. The van der Waals surface area contributed by atoms with E-state index in [4.69, 9.17) is 4.74 Å². The van der Waals surface area contributed by atoms with Gasteiger partial charge in [-0.3, -0.25) is 4.79 Å². The van der Waals surface area contributed by atoms with Gasteiger partial charge >= 0.3 is 5.97 Å². The van der Waals surface area contributed by atoms with Gasteiger partial charge < -0.3 is 10.1 Å². The van der Waals surface area contributed by atoms with Gasteiger partial charge in [-0.2, -0.15) is 0 Å². The molecule has 3 rings (SSSR count). The van der Waals surface area contributed by atoms with Crippen LogP contribution in [0.15, 0.2) is 60.7 Å². The highest BCUT2D eigenvalue weighted by molar-refractivity contribution is 5.93. The van der Waals surface area contributed by atoms with E-state index in [0.29, 0.717) is 19.3 Å². The number of nitrogens with one attached hydrogen (secondary N) is 1. The van der Waals surface area contributed by atoms with Crippen molar-refractivity contribution in [2.24, 2.45) is 5.92 Å². The van der Waals surface area contributed by atoms with Crippen molar-refractivity contribution >= 4 is 11.9 Å². The summed E-state index contributed by atoms with van der Waals surface area (Å²) in [6.45, 7) is 0. The van der Waals surface area contributed by atoms with Crippen LogP contribution in [-0.2, 0) is 27.2 Å². The highest BCUT2D eigenvalue weighted by atomic mass is 16.5. The minimum Gasteiger partial charge on any atom is -0.467 e. The van der Waals surface area contributed by atoms with Crippen molar-refractivity contribution < 1.29 is 14.3 Å². The van der Waals surface area contributed by atoms with Crippen molar-refractivity contribution in [3.63, 3.8) is 0 Å². The predicted octanol–water partition coefficient (Wildman–Crippen LogP) is 2.52. The summed E-state index contributed by atoms with van der Waals surface area (Å²) in [6, 6.07) is 19.6. The van der Waals surface area contributed by atoms with Crippen LogP contribution in [0, 0.1) is 5.92 Å². The Bertz CT molecular complexity index is 714. The molecule has 2 aromatic rings. The van der Waals surface area contributed by atoms with Crippen LogP contribution < -0.4 is 5.32 Å². The highest BCUT2D eigenvalue weighted by Gasteiger charge is 2.50. The van der Waals surface area contributed by atoms with Crippen molar-refractivity contribution in [3.05, 3.63) is 71.8 Å². The Morgan fingerprint density at radius 3 is 2.25 bits per heavy atom. The topological polar surface area (TPSA) is 55.4 Å². The lowest BCUT2D eigenvalue weighted by Crippen LogP contribution is -2.51. The summed E-state index contributed by atoms with van der Waals surface area (Å²) in [5.41, 5.74) is 1.12. The molecule has 1 saturated heterocycles. The van der Waals surface area contributed by atoms with Crippen LogP contribution in [0.25, 0.3) is 0 Å². The lowest BCUT2D eigenvalue weighted by molar-refractivity contribution is -0.149. The zero-order valence-electron chi connectivity index (χ0n) is 13.7. The van der Waals surface area contributed by atoms with Gasteiger partial charge in [-0.25, -0.2) is 4.79 Å². The molecule has 24 heavy (non-hydrogen) atoms. The van der Waals surface area contributed by atoms with Gasteiger partial charge in [0, 0.05) is 12.3 Å². The van der Waals surface area contributed by atoms with Crippen molar-refractivity contribution in [2.75, 3.05) is 7.11 Å². The maximum Gasteiger partial charge on any atom is 0.331 e. The third kappa shape index (κ3) is 3.32. The summed E-state index contributed by atoms with van der Waals surface area (Å²) in [7, 11) is 1.37. The number of carbonyl (C=O) groups is 2. The van der Waals surface area contributed by atoms with Crippen molar-refractivity contribution in [1.82, 2.24) is 5.32 Å². The van der Waals surface area contributed by atoms with Gasteiger partial charge in [0.2, 0.25) is 5.91 Å². The fourth-order valence-electron chi connectivity index (χ4n) is 3.43. The van der Waals surface area contributed by atoms with Gasteiger partial charge in [0.05, 0.1) is 7.11 Å². The molecule has 0 radical (unpaired) electrons. The maximum absolute atomic E-state index is 12.5. The Morgan fingerprint density at radius 2 is 1.67 bits per heavy atom. The molecular formula is C20H21NO3. The normalized spacial score (nSPS) is 22.9. The first-order valence-corrected chi connectivity index (χ1v) is 8.11. The fraction of sp³-hybridized carbons (Fsp3) is 0.300. The molecule has 0 aliphatic carbocycles. The molecule has 1 heterocycles. The lowest BCUT2D eigenvalue weighted by Gasteiger charge is -2.26. The largest absolute Gasteiger partial charge is 0.467 e. The molecule has 0 spiro atoms. The molecule has 0 bridgehead atoms. The molecular weight excluding hydrogens is 302 g/mol. The van der Waals surface area contributed by atoms with E-state index in [2.05, 4.69) is 5.32 Å². The summed E-state index contributed by atoms with van der Waals surface area (Å²) < 4.78 is 5.00. The van der Waals surface area contributed by atoms with Crippen LogP contribution >= 0.6 is 0 Å². The van der Waals surface area contributed by atoms with E-state index in [1.54, 1.807) is 0 Å². The maximum atomic E-state index is 12.5. The average molecular weight is 323 g/mol. The van der Waals surface area contributed by atoms with Crippen LogP contribution in [0.3, 0.4) is 0 Å². The Labute approximate surface area is 141 Å². The molecule has 4 nitrogen and oxygen atoms in total. The lowest BCUT2D eigenvalue weighted by atomic mass is 9.84. The van der Waals surface area contributed by atoms with Gasteiger partial charge in [-0.05, 0) is 24.0 Å². The first kappa shape index (κ1) is 16.2. The fourth-order valence-corrected chi connectivity index (χ4v) is 3.43. The second-order valence-electron chi connectivity index (χ2n) is 6.32. The number of esters is 1. The zero-order chi connectivity index (χ0) is 17.0. The van der Waals surface area contributed by atoms with Crippen LogP contribution in [0.5, 0.6) is 0 Å². The van der Waals surface area contributed by atoms with Crippen molar-refractivity contribution in [3.8, 4) is 0 Å². The van der Waals surface area contributed by atoms with E-state index >= 15 is 0 Å². The van der Waals surface area contributed by atoms with Gasteiger partial charge in [0.25, 0.3) is 0 Å². The number of hydrogen-bond donors (Lipinski definition) is 1. The molecule has 1 N–H and O–H groups in total. The molecule has 4 heteroatoms. The molecule has 0 aromatic heterocycles. The number of rotatable bonds is 5. The number of ether oxygens (including phenoxy) is 1. The molecule has 1 fully saturated rings. The molecule has 1 aliphatic heterocycles. The number of benzene rings is 2. The quantitative estimate of drug-likeness (QED) is 0.860. The molecule has 2 atom stereocenters. The molecule has 2 aromatic carbocycles. The van der Waals surface area contributed by atoms with E-state index in [0.717, 1.165) is 11.1 Å². The van der Waals surface area contributed by atoms with E-state index in [-0.39, 0.29) is 17.8 Å². The zero-order valence-corrected chi connectivity index (χ0v) is 13.7. The molecule has 1 amide bonds. The Kier molecular flexibility index (Phi) is 4.65. The average Bonchev–Trinajstić information content (AvgIpc) is 2.92. The smallest absolute Gasteiger partial charge is 0.331 e. The van der Waals surface area contributed by atoms with Gasteiger partial charge in [0.1, 0.15) is 5.54 Å². The number of carbonyl (C=O) groups excluding carboxylic acids is 2. The molecule has 124 valence electrons. The third-order valence-corrected chi connectivity index (χ3v) is 4.58. The Hall–Kier alpha value is -2.62. The van der Waals surface area contributed by atoms with Crippen molar-refractivity contribution in [1.29, 1.82) is 0 Å². The SMILES string of the molecule is COC(=O)[C@]1(Cc2ccccc2)C[C@@H](Cc2ccccc2)C(=O)N1. The number of amides is 1. The predicted molar refractivity (Wildman–Crippen MR) is 91.3 cm³/mol. The van der Waals surface area contributed by atoms with Crippen LogP contribution in [0.4, 0.5) is 0 Å². The number of hydrogen-bond acceptors (Lipinski definition) is 3. The minimum absolute atomic E-state index is 0.0832. The van der Waals surface area contributed by atoms with E-state index in [9.17, 15) is 9.59 Å². The van der Waals surface area contributed by atoms with Crippen LogP contribution in [-0.4, -0.2) is 24.5 Å². The van der Waals surface area contributed by atoms with E-state index < -0.39 is 5.54 Å². The van der Waals surface area contributed by atoms with Crippen LogP contribution in [0.2, 0.25) is 0 Å². The first-order valence-electron chi connectivity index (χ1n) is 8.11. The molecule has 0 unspecified atom stereocenters. The van der Waals surface area contributed by atoms with Crippen molar-refractivity contribution in [2.45, 2.75) is 24.8 Å². The Morgan fingerprint density at radius 1 is 1.08 bits per heavy atom. The second-order valence-corrected chi connectivity index (χ2v) is 6.32. The summed E-state index contributed by atoms with van der Waals surface area (Å²) in [5.74, 6) is -0.689.